The SMILES string of the molecule is O=C1c2cc(Sc3ccccc3)c(Sc3ccccc3)cc2C(=O)c2c1c(Sc1ccccc1)c1cc(Sc3ccccc3)c(Sc3ccccc3)cc1c2Sc1ccccc1. The monoisotopic (exact) mass is 906 g/mol. The van der Waals surface area contributed by atoms with E-state index >= 15 is 9.59 Å². The molecule has 0 aromatic heterocycles. The van der Waals surface area contributed by atoms with Crippen molar-refractivity contribution in [3.63, 3.8) is 0 Å². The fourth-order valence-corrected chi connectivity index (χ4v) is 13.5. The highest BCUT2D eigenvalue weighted by molar-refractivity contribution is 8.03. The molecular formula is C54H34O2S6. The highest BCUT2D eigenvalue weighted by Crippen LogP contribution is 2.52. The van der Waals surface area contributed by atoms with Crippen LogP contribution in [0.2, 0.25) is 0 Å². The fourth-order valence-electron chi connectivity index (χ4n) is 7.28. The molecule has 0 atom stereocenters. The number of fused-ring (bicyclic) bond motifs is 3. The largest absolute Gasteiger partial charge is 0.289 e. The van der Waals surface area contributed by atoms with Crippen LogP contribution in [0, 0.1) is 0 Å². The average Bonchev–Trinajstić information content (AvgIpc) is 3.31. The number of carbonyl (C=O) groups is 2. The average molecular weight is 907 g/mol. The quantitative estimate of drug-likeness (QED) is 0.120. The second kappa shape index (κ2) is 18.6. The number of hydrogen-bond acceptors (Lipinski definition) is 8. The predicted octanol–water partition coefficient (Wildman–Crippen LogP) is 16.5. The first kappa shape index (κ1) is 40.7. The smallest absolute Gasteiger partial charge is 0.195 e. The van der Waals surface area contributed by atoms with Crippen molar-refractivity contribution >= 4 is 92.9 Å². The molecule has 2 nitrogen and oxygen atoms in total. The van der Waals surface area contributed by atoms with E-state index in [1.54, 1.807) is 70.6 Å². The summed E-state index contributed by atoms with van der Waals surface area (Å²) in [5.74, 6) is -0.285. The third-order valence-electron chi connectivity index (χ3n) is 10.1. The third-order valence-corrected chi connectivity index (χ3v) is 16.9. The van der Waals surface area contributed by atoms with E-state index in [2.05, 4.69) is 109 Å². The number of benzene rings is 9. The van der Waals surface area contributed by atoms with Gasteiger partial charge in [0.2, 0.25) is 0 Å². The first-order valence-corrected chi connectivity index (χ1v) is 24.8. The summed E-state index contributed by atoms with van der Waals surface area (Å²) in [5, 5.41) is 1.87. The van der Waals surface area contributed by atoms with Gasteiger partial charge in [-0.25, -0.2) is 0 Å². The second-order valence-corrected chi connectivity index (χ2v) is 20.9. The minimum atomic E-state index is -0.143. The fraction of sp³-hybridized carbons (Fsp3) is 0. The van der Waals surface area contributed by atoms with E-state index in [4.69, 9.17) is 0 Å². The molecular weight excluding hydrogens is 873 g/mol. The van der Waals surface area contributed by atoms with Gasteiger partial charge in [0.1, 0.15) is 0 Å². The molecule has 1 aliphatic rings. The molecule has 0 saturated carbocycles. The summed E-state index contributed by atoms with van der Waals surface area (Å²) in [4.78, 5) is 43.2. The van der Waals surface area contributed by atoms with Crippen LogP contribution in [-0.4, -0.2) is 11.6 Å². The lowest BCUT2D eigenvalue weighted by Gasteiger charge is -2.27. The first-order valence-electron chi connectivity index (χ1n) is 19.9. The number of ketones is 2. The van der Waals surface area contributed by atoms with Crippen LogP contribution in [-0.2, 0) is 0 Å². The van der Waals surface area contributed by atoms with Crippen molar-refractivity contribution in [2.45, 2.75) is 58.7 Å². The van der Waals surface area contributed by atoms with Crippen LogP contribution < -0.4 is 0 Å². The molecule has 0 radical (unpaired) electrons. The molecule has 0 unspecified atom stereocenters. The van der Waals surface area contributed by atoms with Gasteiger partial charge in [-0.1, -0.05) is 180 Å². The summed E-state index contributed by atoms with van der Waals surface area (Å²) >= 11 is 9.76. The molecule has 0 heterocycles. The van der Waals surface area contributed by atoms with E-state index < -0.39 is 0 Å². The van der Waals surface area contributed by atoms with Crippen molar-refractivity contribution in [2.75, 3.05) is 0 Å². The van der Waals surface area contributed by atoms with Gasteiger partial charge in [0, 0.05) is 81.0 Å². The summed E-state index contributed by atoms with van der Waals surface area (Å²) < 4.78 is 0. The Morgan fingerprint density at radius 2 is 0.484 bits per heavy atom. The van der Waals surface area contributed by atoms with Gasteiger partial charge in [-0.15, -0.1) is 0 Å². The van der Waals surface area contributed by atoms with E-state index in [0.717, 1.165) is 69.5 Å². The van der Waals surface area contributed by atoms with Gasteiger partial charge in [-0.05, 0) is 108 Å². The number of rotatable bonds is 12. The summed E-state index contributed by atoms with van der Waals surface area (Å²) in [5.41, 5.74) is 1.78. The van der Waals surface area contributed by atoms with Crippen LogP contribution in [0.4, 0.5) is 0 Å². The topological polar surface area (TPSA) is 34.1 Å². The Balaban J connectivity index is 1.25. The van der Waals surface area contributed by atoms with Crippen LogP contribution in [0.25, 0.3) is 10.8 Å². The molecule has 0 amide bonds. The Labute approximate surface area is 386 Å². The van der Waals surface area contributed by atoms with Crippen molar-refractivity contribution in [3.05, 3.63) is 229 Å². The third kappa shape index (κ3) is 8.69. The maximum absolute atomic E-state index is 15.7. The molecule has 0 fully saturated rings. The summed E-state index contributed by atoms with van der Waals surface area (Å²) in [6, 6.07) is 70.0. The van der Waals surface area contributed by atoms with Crippen LogP contribution >= 0.6 is 70.6 Å². The number of carbonyl (C=O) groups excluding carboxylic acids is 2. The van der Waals surface area contributed by atoms with E-state index in [-0.39, 0.29) is 11.6 Å². The number of hydrogen-bond donors (Lipinski definition) is 0. The van der Waals surface area contributed by atoms with Gasteiger partial charge >= 0.3 is 0 Å². The minimum absolute atomic E-state index is 0.143. The van der Waals surface area contributed by atoms with Gasteiger partial charge in [0.05, 0.1) is 0 Å². The second-order valence-electron chi connectivity index (χ2n) is 14.2. The van der Waals surface area contributed by atoms with Crippen molar-refractivity contribution in [2.24, 2.45) is 0 Å². The molecule has 0 bridgehead atoms. The van der Waals surface area contributed by atoms with Crippen molar-refractivity contribution in [1.29, 1.82) is 0 Å². The molecule has 0 aliphatic heterocycles. The molecule has 10 rings (SSSR count). The highest BCUT2D eigenvalue weighted by atomic mass is 32.2. The van der Waals surface area contributed by atoms with Gasteiger partial charge in [0.15, 0.2) is 11.6 Å². The zero-order valence-corrected chi connectivity index (χ0v) is 37.8. The van der Waals surface area contributed by atoms with E-state index in [9.17, 15) is 0 Å². The Bertz CT molecular complexity index is 2860. The molecule has 62 heavy (non-hydrogen) atoms. The van der Waals surface area contributed by atoms with Gasteiger partial charge < -0.3 is 0 Å². The normalized spacial score (nSPS) is 12.0. The Morgan fingerprint density at radius 1 is 0.258 bits per heavy atom. The van der Waals surface area contributed by atoms with Crippen molar-refractivity contribution in [3.8, 4) is 0 Å². The molecule has 9 aromatic rings. The maximum Gasteiger partial charge on any atom is 0.195 e. The molecule has 0 spiro atoms. The lowest BCUT2D eigenvalue weighted by Crippen LogP contribution is -2.23. The molecule has 8 heteroatoms. The summed E-state index contributed by atoms with van der Waals surface area (Å²) in [6.07, 6.45) is 0. The lowest BCUT2D eigenvalue weighted by molar-refractivity contribution is 0.0974. The van der Waals surface area contributed by atoms with E-state index in [1.165, 1.54) is 0 Å². The molecule has 0 N–H and O–H groups in total. The van der Waals surface area contributed by atoms with Gasteiger partial charge in [0.25, 0.3) is 0 Å². The minimum Gasteiger partial charge on any atom is -0.289 e. The predicted molar refractivity (Wildman–Crippen MR) is 261 cm³/mol. The van der Waals surface area contributed by atoms with E-state index in [1.807, 2.05) is 97.1 Å². The first-order chi connectivity index (χ1) is 30.6. The van der Waals surface area contributed by atoms with E-state index in [0.29, 0.717) is 22.3 Å². The highest BCUT2D eigenvalue weighted by Gasteiger charge is 2.38. The van der Waals surface area contributed by atoms with Crippen LogP contribution in [0.1, 0.15) is 31.8 Å². The van der Waals surface area contributed by atoms with Crippen molar-refractivity contribution in [1.82, 2.24) is 0 Å². The standard InChI is InChI=1S/C54H34O2S6/c55-51-41-31-45(57-35-19-7-1-8-20-35)46(58-36-21-9-2-10-22-36)32-42(41)52(56)50-49(51)53(61-39-27-15-5-16-28-39)43-33-47(59-37-23-11-3-12-24-37)48(60-38-25-13-4-14-26-38)34-44(43)54(50)62-40-29-17-6-18-30-40/h1-34H. The Kier molecular flexibility index (Phi) is 12.2. The maximum atomic E-state index is 15.7. The molecule has 0 saturated heterocycles. The van der Waals surface area contributed by atoms with Gasteiger partial charge in [-0.2, -0.15) is 0 Å². The Morgan fingerprint density at radius 3 is 0.742 bits per heavy atom. The molecule has 9 aromatic carbocycles. The Hall–Kier alpha value is -5.32. The molecule has 1 aliphatic carbocycles. The lowest BCUT2D eigenvalue weighted by atomic mass is 9.82. The van der Waals surface area contributed by atoms with Gasteiger partial charge in [-0.3, -0.25) is 9.59 Å². The molecule has 298 valence electrons. The van der Waals surface area contributed by atoms with Crippen molar-refractivity contribution < 1.29 is 9.59 Å². The van der Waals surface area contributed by atoms with Crippen LogP contribution in [0.15, 0.2) is 265 Å². The summed E-state index contributed by atoms with van der Waals surface area (Å²) in [6.45, 7) is 0. The zero-order valence-electron chi connectivity index (χ0n) is 32.9. The zero-order chi connectivity index (χ0) is 41.8. The summed E-state index contributed by atoms with van der Waals surface area (Å²) in [7, 11) is 0. The van der Waals surface area contributed by atoms with Crippen LogP contribution in [0.5, 0.6) is 0 Å². The van der Waals surface area contributed by atoms with Crippen LogP contribution in [0.3, 0.4) is 0 Å².